The SMILES string of the molecule is CC(C)(N)c1cc(O)cc2cc(-c3ccc(O)cc3)oc12. The molecule has 4 heteroatoms. The molecule has 3 rings (SSSR count). The largest absolute Gasteiger partial charge is 0.508 e. The van der Waals surface area contributed by atoms with Crippen molar-refractivity contribution in [2.24, 2.45) is 5.73 Å². The van der Waals surface area contributed by atoms with Crippen molar-refractivity contribution in [2.75, 3.05) is 0 Å². The summed E-state index contributed by atoms with van der Waals surface area (Å²) in [5.74, 6) is 1.03. The second-order valence-electron chi connectivity index (χ2n) is 5.79. The summed E-state index contributed by atoms with van der Waals surface area (Å²) in [7, 11) is 0. The molecule has 0 fully saturated rings. The van der Waals surface area contributed by atoms with Crippen molar-refractivity contribution < 1.29 is 14.6 Å². The Kier molecular flexibility index (Phi) is 2.92. The lowest BCUT2D eigenvalue weighted by Gasteiger charge is -2.19. The summed E-state index contributed by atoms with van der Waals surface area (Å²) in [6.07, 6.45) is 0. The summed E-state index contributed by atoms with van der Waals surface area (Å²) < 4.78 is 5.93. The fourth-order valence-corrected chi connectivity index (χ4v) is 2.38. The van der Waals surface area contributed by atoms with E-state index < -0.39 is 5.54 Å². The van der Waals surface area contributed by atoms with Gasteiger partial charge in [0.05, 0.1) is 0 Å². The smallest absolute Gasteiger partial charge is 0.140 e. The number of rotatable bonds is 2. The normalized spacial score (nSPS) is 12.0. The first-order valence-electron chi connectivity index (χ1n) is 6.70. The number of phenolic OH excluding ortho intramolecular Hbond substituents is 2. The number of fused-ring (bicyclic) bond motifs is 1. The third-order valence-electron chi connectivity index (χ3n) is 3.45. The van der Waals surface area contributed by atoms with Crippen LogP contribution in [0.1, 0.15) is 19.4 Å². The van der Waals surface area contributed by atoms with Crippen molar-refractivity contribution in [3.8, 4) is 22.8 Å². The van der Waals surface area contributed by atoms with E-state index in [1.807, 2.05) is 19.9 Å². The fraction of sp³-hybridized carbons (Fsp3) is 0.176. The maximum atomic E-state index is 9.86. The molecule has 0 spiro atoms. The van der Waals surface area contributed by atoms with Gasteiger partial charge in [0, 0.05) is 22.1 Å². The molecule has 4 N–H and O–H groups in total. The molecule has 21 heavy (non-hydrogen) atoms. The quantitative estimate of drug-likeness (QED) is 0.670. The van der Waals surface area contributed by atoms with E-state index in [9.17, 15) is 10.2 Å². The molecule has 108 valence electrons. The van der Waals surface area contributed by atoms with Gasteiger partial charge in [-0.05, 0) is 56.3 Å². The van der Waals surface area contributed by atoms with Gasteiger partial charge in [0.25, 0.3) is 0 Å². The van der Waals surface area contributed by atoms with E-state index in [1.165, 1.54) is 0 Å². The fourth-order valence-electron chi connectivity index (χ4n) is 2.38. The first-order valence-corrected chi connectivity index (χ1v) is 6.70. The maximum absolute atomic E-state index is 9.86. The summed E-state index contributed by atoms with van der Waals surface area (Å²) in [6, 6.07) is 11.9. The zero-order valence-electron chi connectivity index (χ0n) is 11.9. The van der Waals surface area contributed by atoms with Crippen LogP contribution in [-0.4, -0.2) is 10.2 Å². The van der Waals surface area contributed by atoms with Gasteiger partial charge >= 0.3 is 0 Å². The summed E-state index contributed by atoms with van der Waals surface area (Å²) in [6.45, 7) is 3.73. The van der Waals surface area contributed by atoms with Crippen LogP contribution in [0.3, 0.4) is 0 Å². The predicted octanol–water partition coefficient (Wildman–Crippen LogP) is 3.70. The van der Waals surface area contributed by atoms with Gasteiger partial charge in [-0.15, -0.1) is 0 Å². The third-order valence-corrected chi connectivity index (χ3v) is 3.45. The van der Waals surface area contributed by atoms with Gasteiger partial charge in [-0.25, -0.2) is 0 Å². The number of aromatic hydroxyl groups is 2. The van der Waals surface area contributed by atoms with E-state index in [1.54, 1.807) is 36.4 Å². The number of benzene rings is 2. The minimum absolute atomic E-state index is 0.161. The van der Waals surface area contributed by atoms with Crippen molar-refractivity contribution in [3.05, 3.63) is 48.0 Å². The van der Waals surface area contributed by atoms with Gasteiger partial charge in [-0.3, -0.25) is 0 Å². The Morgan fingerprint density at radius 1 is 0.952 bits per heavy atom. The van der Waals surface area contributed by atoms with Crippen molar-refractivity contribution in [2.45, 2.75) is 19.4 Å². The van der Waals surface area contributed by atoms with Gasteiger partial charge in [0.2, 0.25) is 0 Å². The molecule has 0 saturated carbocycles. The van der Waals surface area contributed by atoms with Crippen LogP contribution in [0.4, 0.5) is 0 Å². The lowest BCUT2D eigenvalue weighted by Crippen LogP contribution is -2.28. The lowest BCUT2D eigenvalue weighted by molar-refractivity contribution is 0.469. The Bertz CT molecular complexity index is 795. The number of nitrogens with two attached hydrogens (primary N) is 1. The Hall–Kier alpha value is -2.46. The molecule has 0 aliphatic heterocycles. The highest BCUT2D eigenvalue weighted by atomic mass is 16.3. The summed E-state index contributed by atoms with van der Waals surface area (Å²) in [5, 5.41) is 20.0. The van der Waals surface area contributed by atoms with E-state index in [2.05, 4.69) is 0 Å². The molecule has 0 radical (unpaired) electrons. The van der Waals surface area contributed by atoms with Crippen LogP contribution >= 0.6 is 0 Å². The molecule has 0 bridgehead atoms. The van der Waals surface area contributed by atoms with Crippen LogP contribution in [0.2, 0.25) is 0 Å². The number of hydrogen-bond acceptors (Lipinski definition) is 4. The van der Waals surface area contributed by atoms with Crippen LogP contribution in [0, 0.1) is 0 Å². The van der Waals surface area contributed by atoms with E-state index >= 15 is 0 Å². The van der Waals surface area contributed by atoms with E-state index in [0.717, 1.165) is 16.5 Å². The molecular weight excluding hydrogens is 266 g/mol. The van der Waals surface area contributed by atoms with Crippen molar-refractivity contribution >= 4 is 11.0 Å². The lowest BCUT2D eigenvalue weighted by atomic mass is 9.94. The van der Waals surface area contributed by atoms with Gasteiger partial charge in [-0.2, -0.15) is 0 Å². The molecule has 1 heterocycles. The van der Waals surface area contributed by atoms with Crippen molar-refractivity contribution in [3.63, 3.8) is 0 Å². The molecule has 0 aliphatic rings. The van der Waals surface area contributed by atoms with Gasteiger partial charge in [0.1, 0.15) is 22.8 Å². The molecule has 0 saturated heterocycles. The zero-order valence-corrected chi connectivity index (χ0v) is 11.9. The molecule has 2 aromatic carbocycles. The molecular formula is C17H17NO3. The van der Waals surface area contributed by atoms with E-state index in [4.69, 9.17) is 10.2 Å². The van der Waals surface area contributed by atoms with Crippen LogP contribution in [0.25, 0.3) is 22.3 Å². The summed E-state index contributed by atoms with van der Waals surface area (Å²) in [5.41, 5.74) is 7.80. The third kappa shape index (κ3) is 2.45. The average Bonchev–Trinajstić information content (AvgIpc) is 2.80. The Morgan fingerprint density at radius 3 is 2.24 bits per heavy atom. The number of hydrogen-bond donors (Lipinski definition) is 3. The monoisotopic (exact) mass is 283 g/mol. The molecule has 0 aliphatic carbocycles. The Balaban J connectivity index is 2.22. The van der Waals surface area contributed by atoms with Gasteiger partial charge < -0.3 is 20.4 Å². The van der Waals surface area contributed by atoms with Gasteiger partial charge in [0.15, 0.2) is 0 Å². The predicted molar refractivity (Wildman–Crippen MR) is 82.2 cm³/mol. The Labute approximate surface area is 122 Å². The highest BCUT2D eigenvalue weighted by Gasteiger charge is 2.21. The second kappa shape index (κ2) is 4.53. The first kappa shape index (κ1) is 13.5. The highest BCUT2D eigenvalue weighted by Crippen LogP contribution is 2.36. The highest BCUT2D eigenvalue weighted by molar-refractivity contribution is 5.87. The molecule has 0 atom stereocenters. The maximum Gasteiger partial charge on any atom is 0.140 e. The summed E-state index contributed by atoms with van der Waals surface area (Å²) in [4.78, 5) is 0. The molecule has 0 amide bonds. The number of phenols is 2. The van der Waals surface area contributed by atoms with Crippen LogP contribution in [0.15, 0.2) is 46.9 Å². The number of furan rings is 1. The van der Waals surface area contributed by atoms with Crippen molar-refractivity contribution in [1.29, 1.82) is 0 Å². The average molecular weight is 283 g/mol. The van der Waals surface area contributed by atoms with Crippen molar-refractivity contribution in [1.82, 2.24) is 0 Å². The molecule has 1 aromatic heterocycles. The molecule has 4 nitrogen and oxygen atoms in total. The molecule has 0 unspecified atom stereocenters. The minimum atomic E-state index is -0.624. The minimum Gasteiger partial charge on any atom is -0.508 e. The van der Waals surface area contributed by atoms with Gasteiger partial charge in [-0.1, -0.05) is 0 Å². The molecule has 3 aromatic rings. The van der Waals surface area contributed by atoms with Crippen LogP contribution in [0.5, 0.6) is 11.5 Å². The first-order chi connectivity index (χ1) is 9.84. The van der Waals surface area contributed by atoms with E-state index in [0.29, 0.717) is 11.3 Å². The van der Waals surface area contributed by atoms with E-state index in [-0.39, 0.29) is 11.5 Å². The second-order valence-corrected chi connectivity index (χ2v) is 5.79. The summed E-state index contributed by atoms with van der Waals surface area (Å²) >= 11 is 0. The zero-order chi connectivity index (χ0) is 15.2. The standard InChI is InChI=1S/C17H17NO3/c1-17(2,18)14-9-13(20)7-11-8-15(21-16(11)14)10-3-5-12(19)6-4-10/h3-9,19-20H,18H2,1-2H3. The van der Waals surface area contributed by atoms with Crippen LogP contribution < -0.4 is 5.73 Å². The topological polar surface area (TPSA) is 79.6 Å². The Morgan fingerprint density at radius 2 is 1.62 bits per heavy atom. The van der Waals surface area contributed by atoms with Crippen LogP contribution in [-0.2, 0) is 5.54 Å².